The van der Waals surface area contributed by atoms with Gasteiger partial charge in [0.1, 0.15) is 11.0 Å². The van der Waals surface area contributed by atoms with Gasteiger partial charge in [0.15, 0.2) is 0 Å². The van der Waals surface area contributed by atoms with Gasteiger partial charge in [-0.3, -0.25) is 19.2 Å². The highest BCUT2D eigenvalue weighted by Gasteiger charge is 2.29. The maximum absolute atomic E-state index is 13.2. The van der Waals surface area contributed by atoms with Crippen LogP contribution in [0.25, 0.3) is 22.1 Å². The molecule has 2 aliphatic rings. The number of hydrogen-bond donors (Lipinski definition) is 2. The van der Waals surface area contributed by atoms with Crippen LogP contribution in [0.3, 0.4) is 0 Å². The molecule has 8 aromatic rings. The van der Waals surface area contributed by atoms with E-state index >= 15 is 0 Å². The van der Waals surface area contributed by atoms with Crippen LogP contribution in [0.4, 0.5) is 0 Å². The molecule has 0 bridgehead atoms. The molecule has 0 saturated carbocycles. The number of carbonyl (C=O) groups excluding carboxylic acids is 2. The van der Waals surface area contributed by atoms with Crippen molar-refractivity contribution in [3.8, 4) is 0 Å². The zero-order valence-corrected chi connectivity index (χ0v) is 41.7. The molecule has 0 spiro atoms. The van der Waals surface area contributed by atoms with Crippen LogP contribution in [0.5, 0.6) is 0 Å². The molecule has 368 valence electrons. The van der Waals surface area contributed by atoms with E-state index in [1.165, 1.54) is 11.1 Å². The van der Waals surface area contributed by atoms with Crippen LogP contribution in [-0.2, 0) is 48.6 Å². The van der Waals surface area contributed by atoms with Gasteiger partial charge in [0.05, 0.1) is 23.9 Å². The smallest absolute Gasteiger partial charge is 0.304 e. The lowest BCUT2D eigenvalue weighted by atomic mass is 9.83. The third-order valence-electron chi connectivity index (χ3n) is 14.7. The van der Waals surface area contributed by atoms with Gasteiger partial charge in [-0.05, 0) is 145 Å². The lowest BCUT2D eigenvalue weighted by Crippen LogP contribution is -2.36. The molecule has 2 aromatic heterocycles. The Hall–Kier alpha value is -8.00. The standard InChI is InChI=1S/2C29H30N4O3/c2*1-4-33-26-12-11-24(19(3)28(26)30-31-33)25(16-27(34)35)21-10-9-20-13-14-32(17-22(20)15-21)29(36)23-8-6-5-7-18(23)2/h2*5-12,15,25H,4,13-14,16-17H2,1-3H3,(H,34,35)/t2*25-/m10/s1. The van der Waals surface area contributed by atoms with E-state index in [2.05, 4.69) is 44.9 Å². The Morgan fingerprint density at radius 2 is 0.931 bits per heavy atom. The first-order valence-corrected chi connectivity index (χ1v) is 24.8. The molecule has 4 heterocycles. The molecule has 14 nitrogen and oxygen atoms in total. The molecule has 0 aliphatic carbocycles. The first-order valence-electron chi connectivity index (χ1n) is 24.8. The summed E-state index contributed by atoms with van der Waals surface area (Å²) < 4.78 is 3.69. The minimum Gasteiger partial charge on any atom is -0.481 e. The van der Waals surface area contributed by atoms with Crippen LogP contribution in [0.2, 0.25) is 0 Å². The summed E-state index contributed by atoms with van der Waals surface area (Å²) in [4.78, 5) is 54.1. The number of carbonyl (C=O) groups is 4. The summed E-state index contributed by atoms with van der Waals surface area (Å²) in [6.45, 7) is 15.7. The van der Waals surface area contributed by atoms with E-state index in [1.807, 2.05) is 146 Å². The molecule has 2 N–H and O–H groups in total. The van der Waals surface area contributed by atoms with Crippen LogP contribution in [-0.4, -0.2) is 86.8 Å². The van der Waals surface area contributed by atoms with E-state index in [0.29, 0.717) is 26.2 Å². The Morgan fingerprint density at radius 1 is 0.528 bits per heavy atom. The molecular formula is C58H60N8O6. The second-order valence-electron chi connectivity index (χ2n) is 19.0. The van der Waals surface area contributed by atoms with Crippen LogP contribution in [0.1, 0.15) is 126 Å². The molecule has 0 unspecified atom stereocenters. The van der Waals surface area contributed by atoms with Crippen LogP contribution in [0.15, 0.2) is 109 Å². The van der Waals surface area contributed by atoms with E-state index < -0.39 is 11.9 Å². The molecule has 14 heteroatoms. The minimum absolute atomic E-state index is 0.0289. The van der Waals surface area contributed by atoms with Gasteiger partial charge in [-0.2, -0.15) is 0 Å². The van der Waals surface area contributed by atoms with Crippen molar-refractivity contribution in [2.45, 2.75) is 105 Å². The first kappa shape index (κ1) is 49.0. The number of fused-ring (bicyclic) bond motifs is 4. The maximum Gasteiger partial charge on any atom is 0.304 e. The fourth-order valence-electron chi connectivity index (χ4n) is 10.7. The molecular weight excluding hydrogens is 905 g/mol. The van der Waals surface area contributed by atoms with Crippen molar-refractivity contribution in [1.29, 1.82) is 0 Å². The predicted octanol–water partition coefficient (Wildman–Crippen LogP) is 9.75. The molecule has 0 saturated heterocycles. The second kappa shape index (κ2) is 20.8. The Morgan fingerprint density at radius 3 is 1.31 bits per heavy atom. The SMILES string of the molecule is CCn1nnc2c(C)c([C@@H](CC(=O)O)c3ccc4c(c3)CN(C(=O)c3ccccc3C)CC4)ccc21.CCn1nnc2c(C)c([C@H](CC(=O)O)c3ccc4c(c3)CN(C(=O)c3ccccc3C)CC4)ccc21. The van der Waals surface area contributed by atoms with Gasteiger partial charge in [0.2, 0.25) is 0 Å². The zero-order valence-electron chi connectivity index (χ0n) is 41.7. The van der Waals surface area contributed by atoms with Gasteiger partial charge in [-0.15, -0.1) is 10.2 Å². The molecule has 0 radical (unpaired) electrons. The second-order valence-corrected chi connectivity index (χ2v) is 19.0. The molecule has 10 rings (SSSR count). The number of carboxylic acids is 2. The summed E-state index contributed by atoms with van der Waals surface area (Å²) in [5.41, 5.74) is 17.1. The summed E-state index contributed by atoms with van der Waals surface area (Å²) in [7, 11) is 0. The third kappa shape index (κ3) is 9.73. The van der Waals surface area contributed by atoms with Gasteiger partial charge in [-0.25, -0.2) is 9.36 Å². The van der Waals surface area contributed by atoms with Crippen molar-refractivity contribution < 1.29 is 29.4 Å². The van der Waals surface area contributed by atoms with Crippen molar-refractivity contribution in [3.63, 3.8) is 0 Å². The number of carboxylic acid groups (broad SMARTS) is 2. The molecule has 0 fully saturated rings. The van der Waals surface area contributed by atoms with Gasteiger partial charge in [0, 0.05) is 62.2 Å². The van der Waals surface area contributed by atoms with Crippen LogP contribution < -0.4 is 0 Å². The lowest BCUT2D eigenvalue weighted by molar-refractivity contribution is -0.138. The summed E-state index contributed by atoms with van der Waals surface area (Å²) >= 11 is 0. The molecule has 2 aliphatic heterocycles. The Bertz CT molecular complexity index is 3170. The van der Waals surface area contributed by atoms with Crippen molar-refractivity contribution in [2.75, 3.05) is 13.1 Å². The molecule has 72 heavy (non-hydrogen) atoms. The number of aliphatic carboxylic acids is 2. The summed E-state index contributed by atoms with van der Waals surface area (Å²) in [5, 5.41) is 36.7. The molecule has 2 amide bonds. The van der Waals surface area contributed by atoms with E-state index in [1.54, 1.807) is 0 Å². The van der Waals surface area contributed by atoms with Crippen molar-refractivity contribution in [3.05, 3.63) is 187 Å². The monoisotopic (exact) mass is 964 g/mol. The molecule has 6 aromatic carbocycles. The number of aryl methyl sites for hydroxylation is 6. The number of hydrogen-bond acceptors (Lipinski definition) is 8. The predicted molar refractivity (Wildman–Crippen MR) is 276 cm³/mol. The number of aromatic nitrogens is 6. The average molecular weight is 965 g/mol. The average Bonchev–Trinajstić information content (AvgIpc) is 4.02. The van der Waals surface area contributed by atoms with Gasteiger partial charge in [0.25, 0.3) is 11.8 Å². The van der Waals surface area contributed by atoms with Crippen molar-refractivity contribution in [1.82, 2.24) is 39.8 Å². The van der Waals surface area contributed by atoms with E-state index in [-0.39, 0.29) is 36.5 Å². The summed E-state index contributed by atoms with van der Waals surface area (Å²) in [6, 6.07) is 35.8. The molecule has 2 atom stereocenters. The fourth-order valence-corrected chi connectivity index (χ4v) is 10.7. The van der Waals surface area contributed by atoms with Crippen molar-refractivity contribution >= 4 is 45.8 Å². The Balaban J connectivity index is 0.000000178. The number of amides is 2. The third-order valence-corrected chi connectivity index (χ3v) is 14.7. The number of nitrogens with zero attached hydrogens (tertiary/aromatic N) is 8. The number of rotatable bonds is 12. The van der Waals surface area contributed by atoms with Crippen molar-refractivity contribution in [2.24, 2.45) is 0 Å². The zero-order chi connectivity index (χ0) is 50.8. The highest BCUT2D eigenvalue weighted by molar-refractivity contribution is 5.96. The topological polar surface area (TPSA) is 177 Å². The first-order chi connectivity index (χ1) is 34.7. The Kier molecular flexibility index (Phi) is 14.1. The number of benzene rings is 6. The Labute approximate surface area is 418 Å². The summed E-state index contributed by atoms with van der Waals surface area (Å²) in [6.07, 6.45) is 1.50. The van der Waals surface area contributed by atoms with E-state index in [0.717, 1.165) is 115 Å². The quantitative estimate of drug-likeness (QED) is 0.120. The highest BCUT2D eigenvalue weighted by Crippen LogP contribution is 2.37. The van der Waals surface area contributed by atoms with Crippen LogP contribution in [0, 0.1) is 27.7 Å². The van der Waals surface area contributed by atoms with E-state index in [9.17, 15) is 29.4 Å². The van der Waals surface area contributed by atoms with E-state index in [4.69, 9.17) is 0 Å². The highest BCUT2D eigenvalue weighted by atomic mass is 16.4. The van der Waals surface area contributed by atoms with Gasteiger partial charge >= 0.3 is 11.9 Å². The minimum atomic E-state index is -0.856. The van der Waals surface area contributed by atoms with Crippen LogP contribution >= 0.6 is 0 Å². The van der Waals surface area contributed by atoms with Gasteiger partial charge in [-0.1, -0.05) is 95.4 Å². The fraction of sp³-hybridized carbons (Fsp3) is 0.310. The normalized spacial score (nSPS) is 14.0. The van der Waals surface area contributed by atoms with Gasteiger partial charge < -0.3 is 20.0 Å². The largest absolute Gasteiger partial charge is 0.481 e. The summed E-state index contributed by atoms with van der Waals surface area (Å²) in [5.74, 6) is -2.30. The maximum atomic E-state index is 13.2. The lowest BCUT2D eigenvalue weighted by Gasteiger charge is -2.30.